The van der Waals surface area contributed by atoms with E-state index in [0.29, 0.717) is 11.3 Å². The lowest BCUT2D eigenvalue weighted by Crippen LogP contribution is -2.50. The van der Waals surface area contributed by atoms with Gasteiger partial charge in [-0.2, -0.15) is 0 Å². The number of aliphatic carboxylic acids is 1. The van der Waals surface area contributed by atoms with E-state index in [-0.39, 0.29) is 31.7 Å². The van der Waals surface area contributed by atoms with Gasteiger partial charge in [-0.15, -0.1) is 11.8 Å². The van der Waals surface area contributed by atoms with Gasteiger partial charge in [-0.05, 0) is 82.3 Å². The monoisotopic (exact) mass is 826 g/mol. The van der Waals surface area contributed by atoms with Crippen LogP contribution in [0.25, 0.3) is 0 Å². The molecule has 0 fully saturated rings. The fourth-order valence-electron chi connectivity index (χ4n) is 6.03. The average Bonchev–Trinajstić information content (AvgIpc) is 3.17. The zero-order valence-corrected chi connectivity index (χ0v) is 35.1. The van der Waals surface area contributed by atoms with Crippen LogP contribution in [0.1, 0.15) is 70.2 Å². The zero-order chi connectivity index (χ0) is 43.1. The maximum atomic E-state index is 13.6. The summed E-state index contributed by atoms with van der Waals surface area (Å²) in [5, 5.41) is 20.2. The van der Waals surface area contributed by atoms with Crippen LogP contribution in [0, 0.1) is 0 Å². The van der Waals surface area contributed by atoms with Gasteiger partial charge in [0.1, 0.15) is 29.0 Å². The van der Waals surface area contributed by atoms with E-state index in [0.717, 1.165) is 16.7 Å². The van der Waals surface area contributed by atoms with E-state index in [4.69, 9.17) is 14.2 Å². The van der Waals surface area contributed by atoms with Gasteiger partial charge >= 0.3 is 24.2 Å². The summed E-state index contributed by atoms with van der Waals surface area (Å²) in [6, 6.07) is 34.5. The molecule has 4 rings (SSSR count). The standard InChI is InChI=1S/C45H54N4O9S/c1-43(2,3)57-41(54)48-36(26-27-47-40(53)56-35-24-22-31(23-25-35)30-37(39(51)52)49-42(55)58-44(4,5)6)38(50)46-28-29-59-45(32-16-10-7-11-17-32,33-18-12-8-13-19-33)34-20-14-9-15-21-34/h7-25,36-37H,26-30H2,1-6H3,(H,46,50)(H,47,53)(H,48,54)(H,49,55)(H,51,52). The minimum absolute atomic E-state index is 0.0233. The number of ether oxygens (including phenoxy) is 3. The van der Waals surface area contributed by atoms with Crippen molar-refractivity contribution in [1.29, 1.82) is 0 Å². The third kappa shape index (κ3) is 14.7. The Morgan fingerprint density at radius 3 is 1.49 bits per heavy atom. The third-order valence-electron chi connectivity index (χ3n) is 8.53. The van der Waals surface area contributed by atoms with Crippen molar-refractivity contribution in [2.45, 2.75) is 82.4 Å². The molecule has 0 saturated carbocycles. The summed E-state index contributed by atoms with van der Waals surface area (Å²) in [5.74, 6) is -0.995. The summed E-state index contributed by atoms with van der Waals surface area (Å²) < 4.78 is 15.4. The number of rotatable bonds is 17. The van der Waals surface area contributed by atoms with E-state index in [2.05, 4.69) is 57.7 Å². The number of benzene rings is 4. The van der Waals surface area contributed by atoms with Gasteiger partial charge in [0, 0.05) is 25.3 Å². The van der Waals surface area contributed by atoms with Gasteiger partial charge in [-0.3, -0.25) is 4.79 Å². The topological polar surface area (TPSA) is 181 Å². The lowest BCUT2D eigenvalue weighted by Gasteiger charge is -2.35. The minimum Gasteiger partial charge on any atom is -0.480 e. The predicted molar refractivity (Wildman–Crippen MR) is 227 cm³/mol. The van der Waals surface area contributed by atoms with Gasteiger partial charge in [-0.25, -0.2) is 19.2 Å². The molecule has 0 aromatic heterocycles. The van der Waals surface area contributed by atoms with E-state index >= 15 is 0 Å². The first-order valence-electron chi connectivity index (χ1n) is 19.3. The Kier molecular flexibility index (Phi) is 16.4. The van der Waals surface area contributed by atoms with Crippen LogP contribution in [0.5, 0.6) is 5.75 Å². The molecule has 13 nitrogen and oxygen atoms in total. The molecule has 0 aliphatic rings. The fourth-order valence-corrected chi connectivity index (χ4v) is 7.45. The number of alkyl carbamates (subject to hydrolysis) is 2. The third-order valence-corrected chi connectivity index (χ3v) is 10.1. The van der Waals surface area contributed by atoms with Gasteiger partial charge in [0.2, 0.25) is 5.91 Å². The molecule has 5 N–H and O–H groups in total. The lowest BCUT2D eigenvalue weighted by molar-refractivity contribution is -0.139. The van der Waals surface area contributed by atoms with E-state index in [1.54, 1.807) is 65.4 Å². The molecule has 0 bridgehead atoms. The highest BCUT2D eigenvalue weighted by Crippen LogP contribution is 2.48. The van der Waals surface area contributed by atoms with Crippen LogP contribution in [0.4, 0.5) is 14.4 Å². The van der Waals surface area contributed by atoms with Gasteiger partial charge in [0.25, 0.3) is 0 Å². The second-order valence-electron chi connectivity index (χ2n) is 15.6. The van der Waals surface area contributed by atoms with E-state index in [1.807, 2.05) is 54.6 Å². The lowest BCUT2D eigenvalue weighted by atomic mass is 9.84. The number of carbonyl (C=O) groups excluding carboxylic acids is 4. The van der Waals surface area contributed by atoms with E-state index in [9.17, 15) is 29.1 Å². The number of hydrogen-bond donors (Lipinski definition) is 5. The summed E-state index contributed by atoms with van der Waals surface area (Å²) in [6.45, 7) is 10.4. The largest absolute Gasteiger partial charge is 0.480 e. The molecule has 59 heavy (non-hydrogen) atoms. The van der Waals surface area contributed by atoms with Crippen LogP contribution in [-0.2, 0) is 30.2 Å². The normalized spacial score (nSPS) is 12.6. The van der Waals surface area contributed by atoms with Crippen molar-refractivity contribution in [3.05, 3.63) is 138 Å². The Balaban J connectivity index is 1.37. The van der Waals surface area contributed by atoms with Gasteiger partial charge < -0.3 is 40.6 Å². The molecule has 0 spiro atoms. The van der Waals surface area contributed by atoms with Crippen LogP contribution in [0.15, 0.2) is 115 Å². The smallest absolute Gasteiger partial charge is 0.412 e. The predicted octanol–water partition coefficient (Wildman–Crippen LogP) is 7.42. The summed E-state index contributed by atoms with van der Waals surface area (Å²) in [7, 11) is 0. The number of carboxylic acid groups (broad SMARTS) is 1. The Bertz CT molecular complexity index is 1890. The number of carboxylic acids is 1. The highest BCUT2D eigenvalue weighted by atomic mass is 32.2. The Morgan fingerprint density at radius 2 is 1.05 bits per heavy atom. The van der Waals surface area contributed by atoms with Crippen LogP contribution in [-0.4, -0.2) is 77.4 Å². The number of nitrogens with one attached hydrogen (secondary N) is 4. The molecule has 14 heteroatoms. The van der Waals surface area contributed by atoms with Crippen molar-refractivity contribution in [1.82, 2.24) is 21.3 Å². The van der Waals surface area contributed by atoms with Gasteiger partial charge in [-0.1, -0.05) is 103 Å². The molecule has 2 unspecified atom stereocenters. The highest BCUT2D eigenvalue weighted by Gasteiger charge is 2.37. The first-order valence-corrected chi connectivity index (χ1v) is 20.3. The van der Waals surface area contributed by atoms with Crippen molar-refractivity contribution < 1.29 is 43.3 Å². The molecule has 2 atom stereocenters. The molecule has 4 amide bonds. The van der Waals surface area contributed by atoms with E-state index < -0.39 is 58.2 Å². The number of thioether (sulfide) groups is 1. The molecular formula is C45H54N4O9S. The van der Waals surface area contributed by atoms with Crippen molar-refractivity contribution in [2.24, 2.45) is 0 Å². The van der Waals surface area contributed by atoms with Crippen molar-refractivity contribution in [2.75, 3.05) is 18.8 Å². The summed E-state index contributed by atoms with van der Waals surface area (Å²) in [6.07, 6.45) is -2.46. The quantitative estimate of drug-likeness (QED) is 0.0531. The SMILES string of the molecule is CC(C)(C)OC(=O)NC(Cc1ccc(OC(=O)NCCC(NC(=O)OC(C)(C)C)C(=O)NCCSC(c2ccccc2)(c2ccccc2)c2ccccc2)cc1)C(=O)O. The zero-order valence-electron chi connectivity index (χ0n) is 34.3. The number of hydrogen-bond acceptors (Lipinski definition) is 9. The van der Waals surface area contributed by atoms with E-state index in [1.165, 1.54) is 12.1 Å². The van der Waals surface area contributed by atoms with Crippen LogP contribution >= 0.6 is 11.8 Å². The molecule has 0 aliphatic heterocycles. The first-order chi connectivity index (χ1) is 27.9. The van der Waals surface area contributed by atoms with Crippen LogP contribution in [0.3, 0.4) is 0 Å². The summed E-state index contributed by atoms with van der Waals surface area (Å²) >= 11 is 1.69. The second-order valence-corrected chi connectivity index (χ2v) is 16.9. The first kappa shape index (κ1) is 45.7. The molecular weight excluding hydrogens is 773 g/mol. The maximum absolute atomic E-state index is 13.6. The van der Waals surface area contributed by atoms with Gasteiger partial charge in [0.05, 0.1) is 4.75 Å². The second kappa shape index (κ2) is 21.1. The highest BCUT2D eigenvalue weighted by molar-refractivity contribution is 8.00. The molecule has 0 heterocycles. The summed E-state index contributed by atoms with van der Waals surface area (Å²) in [5.41, 5.74) is 2.23. The molecule has 0 saturated heterocycles. The molecule has 0 radical (unpaired) electrons. The molecule has 4 aromatic rings. The van der Waals surface area contributed by atoms with Crippen LogP contribution in [0.2, 0.25) is 0 Å². The van der Waals surface area contributed by atoms with Gasteiger partial charge in [0.15, 0.2) is 0 Å². The molecule has 314 valence electrons. The van der Waals surface area contributed by atoms with Crippen LogP contribution < -0.4 is 26.0 Å². The van der Waals surface area contributed by atoms with Crippen molar-refractivity contribution >= 4 is 41.9 Å². The summed E-state index contributed by atoms with van der Waals surface area (Å²) in [4.78, 5) is 63.0. The molecule has 4 aromatic carbocycles. The van der Waals surface area contributed by atoms with Crippen molar-refractivity contribution in [3.8, 4) is 5.75 Å². The number of amides is 4. The van der Waals surface area contributed by atoms with Crippen molar-refractivity contribution in [3.63, 3.8) is 0 Å². The minimum atomic E-state index is -1.25. The number of carbonyl (C=O) groups is 5. The maximum Gasteiger partial charge on any atom is 0.412 e. The Hall–Kier alpha value is -6.02. The Morgan fingerprint density at radius 1 is 0.593 bits per heavy atom. The fraction of sp³-hybridized carbons (Fsp3) is 0.356. The Labute approximate surface area is 350 Å². The average molecular weight is 827 g/mol. The molecule has 0 aliphatic carbocycles.